The van der Waals surface area contributed by atoms with E-state index in [0.717, 1.165) is 59.7 Å². The number of urea groups is 1. The van der Waals surface area contributed by atoms with Gasteiger partial charge in [-0.3, -0.25) is 0 Å². The third-order valence-electron chi connectivity index (χ3n) is 7.47. The van der Waals surface area contributed by atoms with Crippen molar-refractivity contribution in [3.05, 3.63) is 101 Å². The molecule has 1 N–H and O–H groups in total. The number of carbonyl (C=O) groups is 1. The maximum atomic E-state index is 13.9. The second kappa shape index (κ2) is 9.30. The summed E-state index contributed by atoms with van der Waals surface area (Å²) in [7, 11) is 0. The van der Waals surface area contributed by atoms with Gasteiger partial charge in [0.25, 0.3) is 0 Å². The molecular weight excluding hydrogens is 453 g/mol. The third kappa shape index (κ3) is 3.98. The van der Waals surface area contributed by atoms with Crippen LogP contribution in [0.3, 0.4) is 0 Å². The van der Waals surface area contributed by atoms with Crippen LogP contribution in [-0.4, -0.2) is 31.3 Å². The molecule has 2 aromatic heterocycles. The Morgan fingerprint density at radius 1 is 0.972 bits per heavy atom. The van der Waals surface area contributed by atoms with Crippen LogP contribution < -0.4 is 5.32 Å². The molecule has 1 saturated carbocycles. The highest BCUT2D eigenvalue weighted by atomic mass is 19.1. The number of hydrogen-bond donors (Lipinski definition) is 1. The standard InChI is InChI=1S/C29H30FN5O/c1-20-25-19-34(29(36)31-23-9-4-2-5-10-23)27(21-14-16-22(30)17-15-21)26-13-8-18-33(26)28(25)35(32-20)24-11-6-3-7-12-24/h3,6-8,11-18,23,27H,2,4-5,9-10,19H2,1H3,(H,31,36). The highest BCUT2D eigenvalue weighted by Gasteiger charge is 2.36. The van der Waals surface area contributed by atoms with E-state index < -0.39 is 0 Å². The minimum atomic E-state index is -0.375. The monoisotopic (exact) mass is 483 g/mol. The number of nitrogens with zero attached hydrogens (tertiary/aromatic N) is 4. The molecule has 184 valence electrons. The zero-order valence-corrected chi connectivity index (χ0v) is 20.4. The Morgan fingerprint density at radius 2 is 1.72 bits per heavy atom. The Morgan fingerprint density at radius 3 is 2.47 bits per heavy atom. The van der Waals surface area contributed by atoms with Gasteiger partial charge in [0, 0.05) is 17.8 Å². The van der Waals surface area contributed by atoms with E-state index in [1.54, 1.807) is 12.1 Å². The van der Waals surface area contributed by atoms with E-state index in [1.165, 1.54) is 18.6 Å². The average molecular weight is 484 g/mol. The average Bonchev–Trinajstić information content (AvgIpc) is 3.46. The summed E-state index contributed by atoms with van der Waals surface area (Å²) in [6.07, 6.45) is 7.54. The van der Waals surface area contributed by atoms with Gasteiger partial charge in [0.1, 0.15) is 11.6 Å². The summed E-state index contributed by atoms with van der Waals surface area (Å²) in [6.45, 7) is 2.40. The molecule has 36 heavy (non-hydrogen) atoms. The quantitative estimate of drug-likeness (QED) is 0.385. The summed E-state index contributed by atoms with van der Waals surface area (Å²) in [5.74, 6) is 0.638. The molecule has 6 nitrogen and oxygen atoms in total. The molecule has 1 fully saturated rings. The normalized spacial score (nSPS) is 17.8. The topological polar surface area (TPSA) is 55.1 Å². The van der Waals surface area contributed by atoms with Gasteiger partial charge in [-0.2, -0.15) is 5.10 Å². The number of rotatable bonds is 3. The maximum Gasteiger partial charge on any atom is 0.318 e. The Bertz CT molecular complexity index is 1370. The molecule has 2 aliphatic rings. The van der Waals surface area contributed by atoms with Gasteiger partial charge in [-0.05, 0) is 61.7 Å². The van der Waals surface area contributed by atoms with Crippen LogP contribution in [0.1, 0.15) is 60.7 Å². The lowest BCUT2D eigenvalue weighted by atomic mass is 9.95. The number of fused-ring (bicyclic) bond motifs is 3. The Kier molecular flexibility index (Phi) is 5.83. The zero-order valence-electron chi connectivity index (χ0n) is 20.4. The van der Waals surface area contributed by atoms with Crippen molar-refractivity contribution in [2.45, 2.75) is 57.7 Å². The van der Waals surface area contributed by atoms with Gasteiger partial charge in [-0.15, -0.1) is 0 Å². The first-order valence-corrected chi connectivity index (χ1v) is 12.7. The Hall–Kier alpha value is -3.87. The Labute approximate surface area is 210 Å². The lowest BCUT2D eigenvalue weighted by Crippen LogP contribution is -2.46. The largest absolute Gasteiger partial charge is 0.335 e. The lowest BCUT2D eigenvalue weighted by molar-refractivity contribution is 0.173. The molecule has 1 aliphatic heterocycles. The van der Waals surface area contributed by atoms with E-state index in [1.807, 2.05) is 65.2 Å². The summed E-state index contributed by atoms with van der Waals surface area (Å²) < 4.78 is 18.0. The van der Waals surface area contributed by atoms with Crippen LogP contribution in [0.2, 0.25) is 0 Å². The number of carbonyl (C=O) groups excluding carboxylic acids is 1. The minimum absolute atomic E-state index is 0.0938. The molecule has 0 spiro atoms. The van der Waals surface area contributed by atoms with E-state index in [4.69, 9.17) is 5.10 Å². The van der Waals surface area contributed by atoms with Crippen LogP contribution in [0.4, 0.5) is 9.18 Å². The second-order valence-corrected chi connectivity index (χ2v) is 9.80. The van der Waals surface area contributed by atoms with Gasteiger partial charge in [-0.25, -0.2) is 13.9 Å². The lowest BCUT2D eigenvalue weighted by Gasteiger charge is -2.33. The smallest absolute Gasteiger partial charge is 0.318 e. The van der Waals surface area contributed by atoms with Crippen molar-refractivity contribution in [1.82, 2.24) is 24.6 Å². The van der Waals surface area contributed by atoms with Crippen LogP contribution >= 0.6 is 0 Å². The molecular formula is C29H30FN5O. The fourth-order valence-electron chi connectivity index (χ4n) is 5.65. The van der Waals surface area contributed by atoms with Crippen molar-refractivity contribution < 1.29 is 9.18 Å². The van der Waals surface area contributed by atoms with Crippen LogP contribution in [0.25, 0.3) is 11.5 Å². The van der Waals surface area contributed by atoms with Gasteiger partial charge in [0.05, 0.1) is 29.7 Å². The number of halogens is 1. The van der Waals surface area contributed by atoms with Crippen LogP contribution in [0.5, 0.6) is 0 Å². The van der Waals surface area contributed by atoms with Crippen molar-refractivity contribution in [3.63, 3.8) is 0 Å². The molecule has 0 radical (unpaired) electrons. The van der Waals surface area contributed by atoms with Crippen LogP contribution in [0.15, 0.2) is 72.9 Å². The van der Waals surface area contributed by atoms with Crippen molar-refractivity contribution >= 4 is 6.03 Å². The van der Waals surface area contributed by atoms with E-state index in [0.29, 0.717) is 6.54 Å². The predicted octanol–water partition coefficient (Wildman–Crippen LogP) is 6.06. The molecule has 1 unspecified atom stereocenters. The molecule has 0 saturated heterocycles. The van der Waals surface area contributed by atoms with Crippen molar-refractivity contribution in [3.8, 4) is 11.5 Å². The van der Waals surface area contributed by atoms with Gasteiger partial charge in [0.15, 0.2) is 0 Å². The minimum Gasteiger partial charge on any atom is -0.335 e. The van der Waals surface area contributed by atoms with E-state index >= 15 is 0 Å². The highest BCUT2D eigenvalue weighted by Crippen LogP contribution is 2.38. The maximum absolute atomic E-state index is 13.9. The number of aryl methyl sites for hydroxylation is 1. The number of aromatic nitrogens is 3. The number of hydrogen-bond acceptors (Lipinski definition) is 2. The first-order chi connectivity index (χ1) is 17.6. The van der Waals surface area contributed by atoms with Gasteiger partial charge < -0.3 is 14.8 Å². The number of amides is 2. The zero-order chi connectivity index (χ0) is 24.6. The van der Waals surface area contributed by atoms with E-state index in [2.05, 4.69) is 9.88 Å². The molecule has 3 heterocycles. The molecule has 2 amide bonds. The van der Waals surface area contributed by atoms with Gasteiger partial charge in [0.2, 0.25) is 0 Å². The van der Waals surface area contributed by atoms with Crippen molar-refractivity contribution in [2.75, 3.05) is 0 Å². The molecule has 0 bridgehead atoms. The third-order valence-corrected chi connectivity index (χ3v) is 7.47. The summed E-state index contributed by atoms with van der Waals surface area (Å²) in [6, 6.07) is 20.3. The number of benzene rings is 2. The van der Waals surface area contributed by atoms with Gasteiger partial charge >= 0.3 is 6.03 Å². The highest BCUT2D eigenvalue weighted by molar-refractivity contribution is 5.76. The summed E-state index contributed by atoms with van der Waals surface area (Å²) in [5, 5.41) is 8.21. The first-order valence-electron chi connectivity index (χ1n) is 12.7. The first kappa shape index (κ1) is 22.6. The predicted molar refractivity (Wildman–Crippen MR) is 137 cm³/mol. The van der Waals surface area contributed by atoms with Gasteiger partial charge in [-0.1, -0.05) is 49.6 Å². The molecule has 1 aliphatic carbocycles. The second-order valence-electron chi connectivity index (χ2n) is 9.80. The molecule has 2 aromatic carbocycles. The fourth-order valence-corrected chi connectivity index (χ4v) is 5.65. The molecule has 7 heteroatoms. The van der Waals surface area contributed by atoms with E-state index in [-0.39, 0.29) is 23.9 Å². The molecule has 6 rings (SSSR count). The van der Waals surface area contributed by atoms with E-state index in [9.17, 15) is 9.18 Å². The molecule has 1 atom stereocenters. The number of para-hydroxylation sites is 1. The fraction of sp³-hybridized carbons (Fsp3) is 0.310. The van der Waals surface area contributed by atoms with Crippen LogP contribution in [-0.2, 0) is 6.54 Å². The summed E-state index contributed by atoms with van der Waals surface area (Å²) >= 11 is 0. The van der Waals surface area contributed by atoms with Crippen molar-refractivity contribution in [2.24, 2.45) is 0 Å². The van der Waals surface area contributed by atoms with Crippen LogP contribution in [0, 0.1) is 12.7 Å². The SMILES string of the molecule is Cc1nn(-c2ccccc2)c2c1CN(C(=O)NC1CCCCC1)C(c1ccc(F)cc1)c1cccn1-2. The Balaban J connectivity index is 1.50. The van der Waals surface area contributed by atoms with Crippen molar-refractivity contribution in [1.29, 1.82) is 0 Å². The molecule has 4 aromatic rings. The number of nitrogens with one attached hydrogen (secondary N) is 1. The summed E-state index contributed by atoms with van der Waals surface area (Å²) in [5.41, 5.74) is 4.65. The summed E-state index contributed by atoms with van der Waals surface area (Å²) in [4.78, 5) is 15.8.